The Hall–Kier alpha value is -2.70. The Morgan fingerprint density at radius 2 is 1.84 bits per heavy atom. The van der Waals surface area contributed by atoms with Gasteiger partial charge in [0.1, 0.15) is 0 Å². The highest BCUT2D eigenvalue weighted by atomic mass is 16.2. The zero-order chi connectivity index (χ0) is 21.2. The fourth-order valence-electron chi connectivity index (χ4n) is 5.48. The summed E-state index contributed by atoms with van der Waals surface area (Å²) in [6, 6.07) is 5.89. The van der Waals surface area contributed by atoms with E-state index >= 15 is 0 Å². The molecule has 0 spiro atoms. The van der Waals surface area contributed by atoms with Crippen molar-refractivity contribution in [3.8, 4) is 0 Å². The fraction of sp³-hybridized carbons (Fsp3) is 0.583. The average molecular weight is 422 g/mol. The lowest BCUT2D eigenvalue weighted by atomic mass is 9.87. The summed E-state index contributed by atoms with van der Waals surface area (Å²) in [6.45, 7) is 1.94. The van der Waals surface area contributed by atoms with E-state index in [1.54, 1.807) is 6.20 Å². The molecule has 2 aromatic rings. The van der Waals surface area contributed by atoms with Crippen LogP contribution in [0.2, 0.25) is 0 Å². The van der Waals surface area contributed by atoms with Crippen molar-refractivity contribution in [3.63, 3.8) is 0 Å². The smallest absolute Gasteiger partial charge is 0.275 e. The number of carbonyl (C=O) groups is 2. The summed E-state index contributed by atoms with van der Waals surface area (Å²) in [5.74, 6) is 0.436. The summed E-state index contributed by atoms with van der Waals surface area (Å²) in [4.78, 5) is 34.9. The van der Waals surface area contributed by atoms with E-state index < -0.39 is 0 Å². The zero-order valence-corrected chi connectivity index (χ0v) is 18.1. The number of hydrogen-bond donors (Lipinski definition) is 1. The fourth-order valence-corrected chi connectivity index (χ4v) is 5.48. The number of pyridine rings is 1. The number of aromatic amines is 1. The van der Waals surface area contributed by atoms with Gasteiger partial charge in [-0.05, 0) is 50.7 Å². The summed E-state index contributed by atoms with van der Waals surface area (Å²) in [5.41, 5.74) is 3.39. The first-order chi connectivity index (χ1) is 15.2. The number of nitrogens with zero attached hydrogens (tertiary/aromatic N) is 4. The van der Waals surface area contributed by atoms with E-state index in [0.29, 0.717) is 25.2 Å². The number of piperidine rings is 1. The number of H-pyrrole nitrogens is 1. The molecule has 3 aliphatic rings. The van der Waals surface area contributed by atoms with Crippen LogP contribution in [0.15, 0.2) is 24.4 Å². The van der Waals surface area contributed by atoms with Gasteiger partial charge in [-0.1, -0.05) is 25.3 Å². The van der Waals surface area contributed by atoms with Crippen molar-refractivity contribution in [1.82, 2.24) is 25.0 Å². The summed E-state index contributed by atoms with van der Waals surface area (Å²) < 4.78 is 0. The number of nitrogens with one attached hydrogen (secondary N) is 1. The van der Waals surface area contributed by atoms with Gasteiger partial charge < -0.3 is 9.80 Å². The second-order valence-electron chi connectivity index (χ2n) is 9.14. The van der Waals surface area contributed by atoms with Crippen LogP contribution in [0.4, 0.5) is 0 Å². The van der Waals surface area contributed by atoms with Crippen molar-refractivity contribution in [3.05, 3.63) is 47.0 Å². The van der Waals surface area contributed by atoms with Crippen LogP contribution in [0.25, 0.3) is 0 Å². The van der Waals surface area contributed by atoms with Crippen LogP contribution in [0.1, 0.15) is 84.8 Å². The van der Waals surface area contributed by atoms with Crippen LogP contribution in [-0.4, -0.2) is 49.9 Å². The van der Waals surface area contributed by atoms with Gasteiger partial charge in [0.2, 0.25) is 5.91 Å². The van der Waals surface area contributed by atoms with Gasteiger partial charge >= 0.3 is 0 Å². The Morgan fingerprint density at radius 3 is 2.65 bits per heavy atom. The molecule has 2 aromatic heterocycles. The molecule has 0 radical (unpaired) electrons. The van der Waals surface area contributed by atoms with Gasteiger partial charge in [-0.3, -0.25) is 19.7 Å². The lowest BCUT2D eigenvalue weighted by Gasteiger charge is -2.35. The standard InChI is InChI=1S/C24H31N5O2/c30-23(17-8-2-1-3-9-17)28-15-12-18-20(16-28)26-27-22(18)24(31)29-14-7-5-11-21(29)19-10-4-6-13-25-19/h4,6,10,13,17,21H,1-3,5,7-9,11-12,14-16H2,(H,26,27). The zero-order valence-electron chi connectivity index (χ0n) is 18.1. The summed E-state index contributed by atoms with van der Waals surface area (Å²) in [7, 11) is 0. The maximum Gasteiger partial charge on any atom is 0.275 e. The van der Waals surface area contributed by atoms with Gasteiger partial charge in [-0.15, -0.1) is 0 Å². The van der Waals surface area contributed by atoms with Crippen LogP contribution >= 0.6 is 0 Å². The molecule has 5 rings (SSSR count). The van der Waals surface area contributed by atoms with Crippen LogP contribution in [0.5, 0.6) is 0 Å². The third kappa shape index (κ3) is 3.98. The molecule has 7 heteroatoms. The predicted molar refractivity (Wildman–Crippen MR) is 116 cm³/mol. The van der Waals surface area contributed by atoms with Crippen molar-refractivity contribution in [2.75, 3.05) is 13.1 Å². The van der Waals surface area contributed by atoms with Crippen LogP contribution in [0, 0.1) is 5.92 Å². The molecular formula is C24H31N5O2. The van der Waals surface area contributed by atoms with Gasteiger partial charge in [-0.2, -0.15) is 5.10 Å². The summed E-state index contributed by atoms with van der Waals surface area (Å²) in [5, 5.41) is 7.51. The molecule has 1 N–H and O–H groups in total. The van der Waals surface area contributed by atoms with Crippen molar-refractivity contribution < 1.29 is 9.59 Å². The molecule has 2 aliphatic heterocycles. The highest BCUT2D eigenvalue weighted by Gasteiger charge is 2.35. The van der Waals surface area contributed by atoms with Crippen molar-refractivity contribution in [1.29, 1.82) is 0 Å². The quantitative estimate of drug-likeness (QED) is 0.820. The van der Waals surface area contributed by atoms with Gasteiger partial charge in [0.05, 0.1) is 24.0 Å². The maximum atomic E-state index is 13.5. The van der Waals surface area contributed by atoms with E-state index in [9.17, 15) is 9.59 Å². The van der Waals surface area contributed by atoms with Crippen molar-refractivity contribution in [2.24, 2.45) is 5.92 Å². The normalized spacial score (nSPS) is 22.3. The molecule has 1 saturated carbocycles. The molecular weight excluding hydrogens is 390 g/mol. The number of hydrogen-bond acceptors (Lipinski definition) is 4. The van der Waals surface area contributed by atoms with Gasteiger partial charge in [-0.25, -0.2) is 0 Å². The van der Waals surface area contributed by atoms with Crippen molar-refractivity contribution in [2.45, 2.75) is 70.4 Å². The lowest BCUT2D eigenvalue weighted by molar-refractivity contribution is -0.137. The minimum absolute atomic E-state index is 0.00256. The molecule has 4 heterocycles. The van der Waals surface area contributed by atoms with Crippen LogP contribution in [0.3, 0.4) is 0 Å². The summed E-state index contributed by atoms with van der Waals surface area (Å²) in [6.07, 6.45) is 11.1. The lowest BCUT2D eigenvalue weighted by Crippen LogP contribution is -2.41. The largest absolute Gasteiger partial charge is 0.336 e. The summed E-state index contributed by atoms with van der Waals surface area (Å²) >= 11 is 0. The number of likely N-dealkylation sites (tertiary alicyclic amines) is 1. The molecule has 1 unspecified atom stereocenters. The average Bonchev–Trinajstić information content (AvgIpc) is 3.27. The molecule has 2 fully saturated rings. The second kappa shape index (κ2) is 8.81. The molecule has 7 nitrogen and oxygen atoms in total. The number of rotatable bonds is 3. The predicted octanol–water partition coefficient (Wildman–Crippen LogP) is 3.64. The molecule has 0 bridgehead atoms. The van der Waals surface area contributed by atoms with E-state index in [1.165, 1.54) is 6.42 Å². The first-order valence-corrected chi connectivity index (χ1v) is 11.8. The molecule has 0 aromatic carbocycles. The number of amides is 2. The molecule has 2 amide bonds. The van der Waals surface area contributed by atoms with Crippen LogP contribution < -0.4 is 0 Å². The SMILES string of the molecule is O=C(C1CCCCC1)N1CCc2c(C(=O)N3CCCCC3c3ccccn3)n[nH]c2C1. The van der Waals surface area contributed by atoms with Gasteiger partial charge in [0, 0.05) is 30.8 Å². The molecule has 31 heavy (non-hydrogen) atoms. The van der Waals surface area contributed by atoms with E-state index in [-0.39, 0.29) is 23.8 Å². The van der Waals surface area contributed by atoms with Crippen LogP contribution in [-0.2, 0) is 17.8 Å². The molecule has 164 valence electrons. The Morgan fingerprint density at radius 1 is 1.00 bits per heavy atom. The molecule has 1 atom stereocenters. The molecule has 1 saturated heterocycles. The first-order valence-electron chi connectivity index (χ1n) is 11.8. The Labute approximate surface area is 183 Å². The first kappa shape index (κ1) is 20.2. The minimum atomic E-state index is -0.0140. The van der Waals surface area contributed by atoms with Gasteiger partial charge in [0.15, 0.2) is 5.69 Å². The highest BCUT2D eigenvalue weighted by molar-refractivity contribution is 5.94. The number of carbonyl (C=O) groups excluding carboxylic acids is 2. The topological polar surface area (TPSA) is 82.2 Å². The van der Waals surface area contributed by atoms with E-state index in [4.69, 9.17) is 0 Å². The minimum Gasteiger partial charge on any atom is -0.336 e. The Bertz CT molecular complexity index is 935. The Kier molecular flexibility index (Phi) is 5.74. The maximum absolute atomic E-state index is 13.5. The third-order valence-corrected chi connectivity index (χ3v) is 7.19. The third-order valence-electron chi connectivity index (χ3n) is 7.19. The second-order valence-corrected chi connectivity index (χ2v) is 9.14. The van der Waals surface area contributed by atoms with E-state index in [1.807, 2.05) is 28.0 Å². The Balaban J connectivity index is 1.33. The highest BCUT2D eigenvalue weighted by Crippen LogP contribution is 2.33. The molecule has 1 aliphatic carbocycles. The number of fused-ring (bicyclic) bond motifs is 1. The monoisotopic (exact) mass is 421 g/mol. The van der Waals surface area contributed by atoms with E-state index in [0.717, 1.165) is 68.4 Å². The van der Waals surface area contributed by atoms with Gasteiger partial charge in [0.25, 0.3) is 5.91 Å². The van der Waals surface area contributed by atoms with E-state index in [2.05, 4.69) is 15.2 Å². The van der Waals surface area contributed by atoms with Crippen molar-refractivity contribution >= 4 is 11.8 Å². The number of aromatic nitrogens is 3.